The Bertz CT molecular complexity index is 411. The lowest BCUT2D eigenvalue weighted by Crippen LogP contribution is -2.21. The average Bonchev–Trinajstić information content (AvgIpc) is 3.00. The fourth-order valence-electron chi connectivity index (χ4n) is 2.48. The highest BCUT2D eigenvalue weighted by atomic mass is 16.5. The summed E-state index contributed by atoms with van der Waals surface area (Å²) < 4.78 is 10.8. The van der Waals surface area contributed by atoms with Crippen LogP contribution in [0.3, 0.4) is 0 Å². The molecule has 20 heavy (non-hydrogen) atoms. The predicted octanol–water partition coefficient (Wildman–Crippen LogP) is 3.21. The molecule has 3 heteroatoms. The van der Waals surface area contributed by atoms with Crippen molar-refractivity contribution < 1.29 is 9.47 Å². The van der Waals surface area contributed by atoms with E-state index in [9.17, 15) is 0 Å². The smallest absolute Gasteiger partial charge is 0.119 e. The molecule has 0 aliphatic carbocycles. The van der Waals surface area contributed by atoms with Crippen LogP contribution in [0, 0.1) is 0 Å². The zero-order valence-electron chi connectivity index (χ0n) is 12.4. The maximum atomic E-state index is 5.63. The van der Waals surface area contributed by atoms with E-state index >= 15 is 0 Å². The van der Waals surface area contributed by atoms with E-state index in [1.54, 1.807) is 7.11 Å². The van der Waals surface area contributed by atoms with Gasteiger partial charge >= 0.3 is 0 Å². The number of likely N-dealkylation sites (tertiary alicyclic amines) is 1. The van der Waals surface area contributed by atoms with Crippen molar-refractivity contribution in [1.29, 1.82) is 0 Å². The van der Waals surface area contributed by atoms with Gasteiger partial charge in [-0.2, -0.15) is 0 Å². The molecule has 3 nitrogen and oxygen atoms in total. The monoisotopic (exact) mass is 275 g/mol. The first-order valence-electron chi connectivity index (χ1n) is 7.49. The second-order valence-electron chi connectivity index (χ2n) is 5.16. The standard InChI is InChI=1S/C17H25NO2/c1-19-17-9-4-7-16(15-17)8-5-13-20-14-6-12-18-10-2-3-11-18/h4-5,7-9,15H,2-3,6,10-14H2,1H3. The molecule has 1 aromatic carbocycles. The molecule has 0 spiro atoms. The summed E-state index contributed by atoms with van der Waals surface area (Å²) in [5.74, 6) is 0.888. The predicted molar refractivity (Wildman–Crippen MR) is 83.1 cm³/mol. The van der Waals surface area contributed by atoms with E-state index in [-0.39, 0.29) is 0 Å². The van der Waals surface area contributed by atoms with Gasteiger partial charge in [0, 0.05) is 13.2 Å². The Morgan fingerprint density at radius 2 is 2.10 bits per heavy atom. The zero-order chi connectivity index (χ0) is 14.0. The summed E-state index contributed by atoms with van der Waals surface area (Å²) in [5.41, 5.74) is 1.14. The molecule has 0 radical (unpaired) electrons. The Morgan fingerprint density at radius 3 is 2.90 bits per heavy atom. The largest absolute Gasteiger partial charge is 0.497 e. The normalized spacial score (nSPS) is 16.1. The van der Waals surface area contributed by atoms with Crippen molar-refractivity contribution in [2.45, 2.75) is 19.3 Å². The van der Waals surface area contributed by atoms with Crippen LogP contribution in [-0.4, -0.2) is 44.9 Å². The van der Waals surface area contributed by atoms with Gasteiger partial charge in [0.05, 0.1) is 13.7 Å². The van der Waals surface area contributed by atoms with Crippen LogP contribution in [0.1, 0.15) is 24.8 Å². The van der Waals surface area contributed by atoms with Crippen molar-refractivity contribution in [3.63, 3.8) is 0 Å². The second-order valence-corrected chi connectivity index (χ2v) is 5.16. The minimum absolute atomic E-state index is 0.678. The third kappa shape index (κ3) is 5.35. The summed E-state index contributed by atoms with van der Waals surface area (Å²) in [7, 11) is 1.69. The third-order valence-electron chi connectivity index (χ3n) is 3.58. The maximum absolute atomic E-state index is 5.63. The molecule has 110 valence electrons. The van der Waals surface area contributed by atoms with Gasteiger partial charge < -0.3 is 14.4 Å². The molecule has 0 bridgehead atoms. The SMILES string of the molecule is COc1cccc(C=CCOCCCN2CCCC2)c1. The number of methoxy groups -OCH3 is 1. The number of ether oxygens (including phenoxy) is 2. The van der Waals surface area contributed by atoms with E-state index in [0.29, 0.717) is 6.61 Å². The summed E-state index contributed by atoms with van der Waals surface area (Å²) in [5, 5.41) is 0. The van der Waals surface area contributed by atoms with Gasteiger partial charge in [-0.15, -0.1) is 0 Å². The quantitative estimate of drug-likeness (QED) is 0.680. The number of benzene rings is 1. The molecule has 1 heterocycles. The van der Waals surface area contributed by atoms with Crippen LogP contribution in [0.15, 0.2) is 30.3 Å². The molecular formula is C17H25NO2. The molecule has 1 aliphatic rings. The summed E-state index contributed by atoms with van der Waals surface area (Å²) in [4.78, 5) is 2.52. The molecule has 0 saturated carbocycles. The van der Waals surface area contributed by atoms with Crippen molar-refractivity contribution >= 4 is 6.08 Å². The lowest BCUT2D eigenvalue weighted by Gasteiger charge is -2.13. The van der Waals surface area contributed by atoms with Crippen molar-refractivity contribution in [1.82, 2.24) is 4.90 Å². The Balaban J connectivity index is 1.56. The summed E-state index contributed by atoms with van der Waals surface area (Å²) in [6.07, 6.45) is 7.99. The summed E-state index contributed by atoms with van der Waals surface area (Å²) in [6, 6.07) is 8.03. The number of hydrogen-bond donors (Lipinski definition) is 0. The van der Waals surface area contributed by atoms with E-state index in [0.717, 1.165) is 24.3 Å². The van der Waals surface area contributed by atoms with Gasteiger partial charge in [-0.25, -0.2) is 0 Å². The van der Waals surface area contributed by atoms with Crippen LogP contribution in [0.25, 0.3) is 6.08 Å². The van der Waals surface area contributed by atoms with Gasteiger partial charge in [-0.3, -0.25) is 0 Å². The molecule has 0 N–H and O–H groups in total. The van der Waals surface area contributed by atoms with Gasteiger partial charge in [0.15, 0.2) is 0 Å². The van der Waals surface area contributed by atoms with E-state index in [4.69, 9.17) is 9.47 Å². The lowest BCUT2D eigenvalue weighted by molar-refractivity contribution is 0.149. The Hall–Kier alpha value is -1.32. The Morgan fingerprint density at radius 1 is 1.25 bits per heavy atom. The molecular weight excluding hydrogens is 250 g/mol. The van der Waals surface area contributed by atoms with Crippen LogP contribution in [-0.2, 0) is 4.74 Å². The topological polar surface area (TPSA) is 21.7 Å². The highest BCUT2D eigenvalue weighted by molar-refractivity contribution is 5.51. The van der Waals surface area contributed by atoms with Gasteiger partial charge in [0.2, 0.25) is 0 Å². The highest BCUT2D eigenvalue weighted by Gasteiger charge is 2.09. The Labute approximate surface area is 122 Å². The van der Waals surface area contributed by atoms with E-state index in [1.165, 1.54) is 32.5 Å². The highest BCUT2D eigenvalue weighted by Crippen LogP contribution is 2.13. The molecule has 1 saturated heterocycles. The fraction of sp³-hybridized carbons (Fsp3) is 0.529. The Kier molecular flexibility index (Phi) is 6.61. The first kappa shape index (κ1) is 15.1. The molecule has 1 aliphatic heterocycles. The maximum Gasteiger partial charge on any atom is 0.119 e. The number of hydrogen-bond acceptors (Lipinski definition) is 3. The first-order chi connectivity index (χ1) is 9.88. The van der Waals surface area contributed by atoms with Crippen LogP contribution in [0.2, 0.25) is 0 Å². The molecule has 2 rings (SSSR count). The fourth-order valence-corrected chi connectivity index (χ4v) is 2.48. The van der Waals surface area contributed by atoms with Crippen molar-refractivity contribution in [2.24, 2.45) is 0 Å². The van der Waals surface area contributed by atoms with Crippen molar-refractivity contribution in [3.05, 3.63) is 35.9 Å². The molecule has 1 aromatic rings. The van der Waals surface area contributed by atoms with Gasteiger partial charge in [0.1, 0.15) is 5.75 Å². The van der Waals surface area contributed by atoms with Gasteiger partial charge in [0.25, 0.3) is 0 Å². The van der Waals surface area contributed by atoms with Gasteiger partial charge in [-0.05, 0) is 50.0 Å². The molecule has 0 atom stereocenters. The first-order valence-corrected chi connectivity index (χ1v) is 7.49. The molecule has 0 unspecified atom stereocenters. The number of rotatable bonds is 8. The van der Waals surface area contributed by atoms with Crippen LogP contribution >= 0.6 is 0 Å². The molecule has 0 aromatic heterocycles. The summed E-state index contributed by atoms with van der Waals surface area (Å²) in [6.45, 7) is 5.25. The number of nitrogens with zero attached hydrogens (tertiary/aromatic N) is 1. The van der Waals surface area contributed by atoms with Crippen LogP contribution in [0.5, 0.6) is 5.75 Å². The minimum Gasteiger partial charge on any atom is -0.497 e. The van der Waals surface area contributed by atoms with Crippen molar-refractivity contribution in [3.8, 4) is 5.75 Å². The van der Waals surface area contributed by atoms with Crippen LogP contribution in [0.4, 0.5) is 0 Å². The second kappa shape index (κ2) is 8.77. The zero-order valence-corrected chi connectivity index (χ0v) is 12.4. The molecule has 0 amide bonds. The average molecular weight is 275 g/mol. The molecule has 1 fully saturated rings. The minimum atomic E-state index is 0.678. The van der Waals surface area contributed by atoms with Gasteiger partial charge in [-0.1, -0.05) is 24.3 Å². The van der Waals surface area contributed by atoms with E-state index in [2.05, 4.69) is 23.1 Å². The third-order valence-corrected chi connectivity index (χ3v) is 3.58. The van der Waals surface area contributed by atoms with Crippen LogP contribution < -0.4 is 4.74 Å². The van der Waals surface area contributed by atoms with E-state index < -0.39 is 0 Å². The summed E-state index contributed by atoms with van der Waals surface area (Å²) >= 11 is 0. The lowest BCUT2D eigenvalue weighted by atomic mass is 10.2. The van der Waals surface area contributed by atoms with Crippen molar-refractivity contribution in [2.75, 3.05) is 40.0 Å². The van der Waals surface area contributed by atoms with E-state index in [1.807, 2.05) is 18.2 Å².